The van der Waals surface area contributed by atoms with Crippen molar-refractivity contribution in [1.82, 2.24) is 9.97 Å². The fourth-order valence-corrected chi connectivity index (χ4v) is 1.31. The summed E-state index contributed by atoms with van der Waals surface area (Å²) in [5.74, 6) is 0.989. The molecule has 14 heavy (non-hydrogen) atoms. The second kappa shape index (κ2) is 3.38. The molecule has 0 saturated carbocycles. The number of hydrogen-bond acceptors (Lipinski definition) is 4. The van der Waals surface area contributed by atoms with Gasteiger partial charge in [-0.2, -0.15) is 0 Å². The Bertz CT molecular complexity index is 448. The quantitative estimate of drug-likeness (QED) is 0.786. The van der Waals surface area contributed by atoms with E-state index in [0.29, 0.717) is 18.1 Å². The molecule has 0 aromatic carbocycles. The van der Waals surface area contributed by atoms with Gasteiger partial charge in [0, 0.05) is 18.7 Å². The zero-order valence-corrected chi connectivity index (χ0v) is 8.32. The van der Waals surface area contributed by atoms with Crippen LogP contribution < -0.4 is 5.73 Å². The summed E-state index contributed by atoms with van der Waals surface area (Å²) < 4.78 is 5.49. The van der Waals surface area contributed by atoms with Crippen molar-refractivity contribution < 1.29 is 4.42 Å². The molecule has 2 rings (SSSR count). The van der Waals surface area contributed by atoms with Crippen LogP contribution in [0.4, 0.5) is 0 Å². The maximum absolute atomic E-state index is 5.59. The Labute approximate surface area is 82.1 Å². The predicted molar refractivity (Wildman–Crippen MR) is 53.8 cm³/mol. The van der Waals surface area contributed by atoms with Gasteiger partial charge >= 0.3 is 0 Å². The second-order valence-corrected chi connectivity index (χ2v) is 3.53. The predicted octanol–water partition coefficient (Wildman–Crippen LogP) is 1.80. The topological polar surface area (TPSA) is 64.9 Å². The molecule has 0 spiro atoms. The highest BCUT2D eigenvalue weighted by atomic mass is 16.4. The molecule has 0 unspecified atom stereocenters. The Morgan fingerprint density at radius 3 is 2.93 bits per heavy atom. The maximum Gasteiger partial charge on any atom is 0.247 e. The van der Waals surface area contributed by atoms with Gasteiger partial charge in [-0.25, -0.2) is 9.97 Å². The molecule has 0 radical (unpaired) electrons. The summed E-state index contributed by atoms with van der Waals surface area (Å²) in [6.07, 6.45) is 1.69. The molecule has 0 aliphatic rings. The Morgan fingerprint density at radius 2 is 2.29 bits per heavy atom. The van der Waals surface area contributed by atoms with Crippen LogP contribution >= 0.6 is 0 Å². The summed E-state index contributed by atoms with van der Waals surface area (Å²) >= 11 is 0. The van der Waals surface area contributed by atoms with E-state index in [-0.39, 0.29) is 5.92 Å². The number of oxazole rings is 1. The number of nitrogens with two attached hydrogens (primary N) is 1. The molecular formula is C10H13N3O. The lowest BCUT2D eigenvalue weighted by molar-refractivity contribution is 0.494. The van der Waals surface area contributed by atoms with Crippen LogP contribution in [0.2, 0.25) is 0 Å². The fraction of sp³-hybridized carbons (Fsp3) is 0.400. The van der Waals surface area contributed by atoms with Crippen molar-refractivity contribution in [3.63, 3.8) is 0 Å². The number of nitrogens with zero attached hydrogens (tertiary/aromatic N) is 2. The number of rotatable bonds is 2. The first-order valence-electron chi connectivity index (χ1n) is 4.66. The summed E-state index contributed by atoms with van der Waals surface area (Å²) in [7, 11) is 0. The van der Waals surface area contributed by atoms with Crippen LogP contribution in [0, 0.1) is 0 Å². The van der Waals surface area contributed by atoms with Crippen molar-refractivity contribution in [1.29, 1.82) is 0 Å². The van der Waals surface area contributed by atoms with E-state index in [1.165, 1.54) is 0 Å². The zero-order chi connectivity index (χ0) is 10.1. The van der Waals surface area contributed by atoms with Crippen molar-refractivity contribution in [3.8, 4) is 0 Å². The van der Waals surface area contributed by atoms with Crippen LogP contribution in [0.1, 0.15) is 31.2 Å². The summed E-state index contributed by atoms with van der Waals surface area (Å²) in [6.45, 7) is 4.53. The van der Waals surface area contributed by atoms with E-state index in [2.05, 4.69) is 9.97 Å². The number of pyridine rings is 1. The van der Waals surface area contributed by atoms with Gasteiger partial charge in [-0.3, -0.25) is 0 Å². The van der Waals surface area contributed by atoms with Gasteiger partial charge in [0.2, 0.25) is 5.71 Å². The van der Waals surface area contributed by atoms with Gasteiger partial charge in [-0.05, 0) is 11.6 Å². The highest BCUT2D eigenvalue weighted by Gasteiger charge is 2.12. The maximum atomic E-state index is 5.59. The van der Waals surface area contributed by atoms with Gasteiger partial charge in [0.05, 0.1) is 0 Å². The minimum Gasteiger partial charge on any atom is -0.422 e. The van der Waals surface area contributed by atoms with Gasteiger partial charge in [0.1, 0.15) is 5.52 Å². The summed E-state index contributed by atoms with van der Waals surface area (Å²) in [4.78, 5) is 8.48. The van der Waals surface area contributed by atoms with E-state index >= 15 is 0 Å². The largest absolute Gasteiger partial charge is 0.422 e. The average Bonchev–Trinajstić information content (AvgIpc) is 2.60. The fourth-order valence-electron chi connectivity index (χ4n) is 1.31. The lowest BCUT2D eigenvalue weighted by atomic mass is 10.2. The van der Waals surface area contributed by atoms with Crippen molar-refractivity contribution in [3.05, 3.63) is 23.7 Å². The monoisotopic (exact) mass is 191 g/mol. The lowest BCUT2D eigenvalue weighted by Gasteiger charge is -1.94. The SMILES string of the molecule is CC(C)c1nc2c(CN)ccnc2o1. The standard InChI is InChI=1S/C10H13N3O/c1-6(2)9-13-8-7(5-11)3-4-12-10(8)14-9/h3-4,6H,5,11H2,1-2H3. The summed E-state index contributed by atoms with van der Waals surface area (Å²) in [5.41, 5.74) is 7.94. The van der Waals surface area contributed by atoms with E-state index in [9.17, 15) is 0 Å². The molecule has 0 atom stereocenters. The van der Waals surface area contributed by atoms with Crippen molar-refractivity contribution >= 4 is 11.2 Å². The van der Waals surface area contributed by atoms with Crippen molar-refractivity contribution in [2.75, 3.05) is 0 Å². The van der Waals surface area contributed by atoms with Gasteiger partial charge in [-0.15, -0.1) is 0 Å². The first-order chi connectivity index (χ1) is 6.72. The molecule has 2 aromatic heterocycles. The van der Waals surface area contributed by atoms with E-state index in [1.807, 2.05) is 19.9 Å². The molecule has 0 aliphatic carbocycles. The Hall–Kier alpha value is -1.42. The molecule has 2 N–H and O–H groups in total. The third-order valence-corrected chi connectivity index (χ3v) is 2.11. The summed E-state index contributed by atoms with van der Waals surface area (Å²) in [5, 5.41) is 0. The first-order valence-corrected chi connectivity index (χ1v) is 4.66. The minimum atomic E-state index is 0.273. The molecule has 0 aliphatic heterocycles. The molecule has 4 heteroatoms. The third-order valence-electron chi connectivity index (χ3n) is 2.11. The lowest BCUT2D eigenvalue weighted by Crippen LogP contribution is -1.97. The molecule has 0 saturated heterocycles. The highest BCUT2D eigenvalue weighted by Crippen LogP contribution is 2.21. The van der Waals surface area contributed by atoms with Crippen LogP contribution in [0.15, 0.2) is 16.7 Å². The normalized spacial score (nSPS) is 11.4. The minimum absolute atomic E-state index is 0.273. The highest BCUT2D eigenvalue weighted by molar-refractivity contribution is 5.72. The molecular weight excluding hydrogens is 178 g/mol. The molecule has 2 heterocycles. The Morgan fingerprint density at radius 1 is 1.50 bits per heavy atom. The smallest absolute Gasteiger partial charge is 0.247 e. The van der Waals surface area contributed by atoms with E-state index in [1.54, 1.807) is 6.20 Å². The molecule has 0 fully saturated rings. The number of fused-ring (bicyclic) bond motifs is 1. The van der Waals surface area contributed by atoms with Gasteiger partial charge in [0.25, 0.3) is 0 Å². The zero-order valence-electron chi connectivity index (χ0n) is 8.32. The molecule has 4 nitrogen and oxygen atoms in total. The molecule has 0 bridgehead atoms. The van der Waals surface area contributed by atoms with Crippen LogP contribution in [-0.4, -0.2) is 9.97 Å². The van der Waals surface area contributed by atoms with Crippen molar-refractivity contribution in [2.24, 2.45) is 5.73 Å². The molecule has 2 aromatic rings. The van der Waals surface area contributed by atoms with Crippen molar-refractivity contribution in [2.45, 2.75) is 26.3 Å². The van der Waals surface area contributed by atoms with Gasteiger partial charge in [0.15, 0.2) is 5.89 Å². The van der Waals surface area contributed by atoms with Gasteiger partial charge < -0.3 is 10.2 Å². The Kier molecular flexibility index (Phi) is 2.21. The molecule has 0 amide bonds. The molecule has 74 valence electrons. The van der Waals surface area contributed by atoms with E-state index < -0.39 is 0 Å². The first kappa shape index (κ1) is 9.15. The number of aromatic nitrogens is 2. The second-order valence-electron chi connectivity index (χ2n) is 3.53. The van der Waals surface area contributed by atoms with E-state index in [0.717, 1.165) is 11.1 Å². The van der Waals surface area contributed by atoms with Gasteiger partial charge in [-0.1, -0.05) is 13.8 Å². The van der Waals surface area contributed by atoms with Crippen LogP contribution in [-0.2, 0) is 6.54 Å². The van der Waals surface area contributed by atoms with E-state index in [4.69, 9.17) is 10.2 Å². The number of hydrogen-bond donors (Lipinski definition) is 1. The average molecular weight is 191 g/mol. The summed E-state index contributed by atoms with van der Waals surface area (Å²) in [6, 6.07) is 1.87. The Balaban J connectivity index is 2.64. The van der Waals surface area contributed by atoms with Crippen LogP contribution in [0.3, 0.4) is 0 Å². The third kappa shape index (κ3) is 1.37. The van der Waals surface area contributed by atoms with Crippen LogP contribution in [0.25, 0.3) is 11.2 Å². The van der Waals surface area contributed by atoms with Crippen LogP contribution in [0.5, 0.6) is 0 Å².